The van der Waals surface area contributed by atoms with Crippen molar-refractivity contribution >= 4 is 17.5 Å². The van der Waals surface area contributed by atoms with Gasteiger partial charge in [-0.2, -0.15) is 0 Å². The highest BCUT2D eigenvalue weighted by atomic mass is 35.5. The van der Waals surface area contributed by atoms with Crippen molar-refractivity contribution in [3.8, 4) is 0 Å². The summed E-state index contributed by atoms with van der Waals surface area (Å²) >= 11 is 5.88. The van der Waals surface area contributed by atoms with Crippen LogP contribution in [0.2, 0.25) is 5.15 Å². The number of carbonyl (C=O) groups is 1. The van der Waals surface area contributed by atoms with E-state index in [1.54, 1.807) is 6.07 Å². The van der Waals surface area contributed by atoms with Gasteiger partial charge in [-0.1, -0.05) is 11.6 Å². The maximum atomic E-state index is 11.4. The van der Waals surface area contributed by atoms with Crippen LogP contribution in [0, 0.1) is 6.92 Å². The Bertz CT molecular complexity index is 404. The molecule has 1 aromatic rings. The van der Waals surface area contributed by atoms with E-state index in [9.17, 15) is 4.79 Å². The molecule has 0 atom stereocenters. The zero-order chi connectivity index (χ0) is 12.3. The molecule has 5 nitrogen and oxygen atoms in total. The van der Waals surface area contributed by atoms with Gasteiger partial charge in [0.15, 0.2) is 0 Å². The van der Waals surface area contributed by atoms with Crippen LogP contribution in [0.15, 0.2) is 6.07 Å². The zero-order valence-electron chi connectivity index (χ0n) is 9.74. The van der Waals surface area contributed by atoms with Gasteiger partial charge in [0.05, 0.1) is 13.1 Å². The summed E-state index contributed by atoms with van der Waals surface area (Å²) in [6.07, 6.45) is 0.950. The van der Waals surface area contributed by atoms with E-state index in [0.717, 1.165) is 25.2 Å². The minimum atomic E-state index is 0.0567. The molecule has 0 saturated carbocycles. The van der Waals surface area contributed by atoms with Crippen molar-refractivity contribution in [3.63, 3.8) is 0 Å². The summed E-state index contributed by atoms with van der Waals surface area (Å²) in [5.74, 6) is 0.728. The Labute approximate surface area is 105 Å². The molecule has 0 bridgehead atoms. The van der Waals surface area contributed by atoms with E-state index in [1.807, 2.05) is 11.8 Å². The molecule has 0 spiro atoms. The molecule has 1 N–H and O–H groups in total. The Morgan fingerprint density at radius 3 is 3.12 bits per heavy atom. The first-order valence-corrected chi connectivity index (χ1v) is 6.00. The van der Waals surface area contributed by atoms with Crippen LogP contribution in [-0.4, -0.2) is 40.4 Å². The summed E-state index contributed by atoms with van der Waals surface area (Å²) in [5, 5.41) is 3.29. The van der Waals surface area contributed by atoms with Crippen molar-refractivity contribution in [2.24, 2.45) is 0 Å². The number of halogens is 1. The van der Waals surface area contributed by atoms with Crippen molar-refractivity contribution in [1.82, 2.24) is 20.2 Å². The predicted molar refractivity (Wildman–Crippen MR) is 64.7 cm³/mol. The number of hydrogen-bond acceptors (Lipinski definition) is 4. The normalized spacial score (nSPS) is 17.6. The lowest BCUT2D eigenvalue weighted by molar-refractivity contribution is -0.121. The zero-order valence-corrected chi connectivity index (χ0v) is 10.5. The summed E-state index contributed by atoms with van der Waals surface area (Å²) in [6, 6.07) is 1.72. The second kappa shape index (κ2) is 5.42. The summed E-state index contributed by atoms with van der Waals surface area (Å²) in [6.45, 7) is 4.45. The van der Waals surface area contributed by atoms with Crippen molar-refractivity contribution in [2.45, 2.75) is 19.9 Å². The molecule has 0 radical (unpaired) electrons. The number of carbonyl (C=O) groups excluding carboxylic acids is 1. The van der Waals surface area contributed by atoms with Crippen LogP contribution in [0.3, 0.4) is 0 Å². The highest BCUT2D eigenvalue weighted by molar-refractivity contribution is 6.29. The highest BCUT2D eigenvalue weighted by Crippen LogP contribution is 2.09. The fourth-order valence-corrected chi connectivity index (χ4v) is 2.12. The van der Waals surface area contributed by atoms with E-state index in [4.69, 9.17) is 11.6 Å². The molecule has 1 aliphatic heterocycles. The molecule has 1 aliphatic rings. The maximum absolute atomic E-state index is 11.4. The average Bonchev–Trinajstić information content (AvgIpc) is 2.41. The minimum Gasteiger partial charge on any atom is -0.355 e. The molecule has 92 valence electrons. The summed E-state index contributed by atoms with van der Waals surface area (Å²) in [4.78, 5) is 21.9. The van der Waals surface area contributed by atoms with E-state index in [1.165, 1.54) is 0 Å². The number of rotatable bonds is 2. The molecule has 1 aromatic heterocycles. The first-order valence-electron chi connectivity index (χ1n) is 5.62. The van der Waals surface area contributed by atoms with E-state index in [-0.39, 0.29) is 5.91 Å². The van der Waals surface area contributed by atoms with Gasteiger partial charge < -0.3 is 5.32 Å². The Morgan fingerprint density at radius 2 is 2.35 bits per heavy atom. The maximum Gasteiger partial charge on any atom is 0.234 e. The van der Waals surface area contributed by atoms with Crippen molar-refractivity contribution in [3.05, 3.63) is 22.7 Å². The van der Waals surface area contributed by atoms with Crippen LogP contribution in [0.5, 0.6) is 0 Å². The van der Waals surface area contributed by atoms with Gasteiger partial charge >= 0.3 is 0 Å². The molecule has 17 heavy (non-hydrogen) atoms. The fraction of sp³-hybridized carbons (Fsp3) is 0.545. The molecule has 2 heterocycles. The molecule has 1 fully saturated rings. The van der Waals surface area contributed by atoms with Gasteiger partial charge in [0, 0.05) is 18.8 Å². The van der Waals surface area contributed by atoms with Crippen LogP contribution in [0.1, 0.15) is 17.9 Å². The molecule has 1 amide bonds. The highest BCUT2D eigenvalue weighted by Gasteiger charge is 2.15. The number of aromatic nitrogens is 2. The van der Waals surface area contributed by atoms with Gasteiger partial charge in [-0.25, -0.2) is 9.97 Å². The topological polar surface area (TPSA) is 58.1 Å². The Balaban J connectivity index is 2.06. The second-order valence-electron chi connectivity index (χ2n) is 4.16. The molecule has 1 saturated heterocycles. The number of nitrogens with zero attached hydrogens (tertiary/aromatic N) is 3. The van der Waals surface area contributed by atoms with Gasteiger partial charge in [-0.3, -0.25) is 9.69 Å². The predicted octanol–water partition coefficient (Wildman–Crippen LogP) is 0.760. The van der Waals surface area contributed by atoms with Crippen LogP contribution < -0.4 is 5.32 Å². The van der Waals surface area contributed by atoms with E-state index in [0.29, 0.717) is 24.1 Å². The largest absolute Gasteiger partial charge is 0.355 e. The lowest BCUT2D eigenvalue weighted by atomic mass is 10.3. The van der Waals surface area contributed by atoms with Gasteiger partial charge in [0.1, 0.15) is 11.0 Å². The third-order valence-electron chi connectivity index (χ3n) is 2.57. The molecule has 0 aromatic carbocycles. The smallest absolute Gasteiger partial charge is 0.234 e. The third kappa shape index (κ3) is 3.64. The molecule has 0 aliphatic carbocycles. The van der Waals surface area contributed by atoms with Crippen molar-refractivity contribution in [2.75, 3.05) is 19.6 Å². The van der Waals surface area contributed by atoms with Crippen LogP contribution >= 0.6 is 11.6 Å². The SMILES string of the molecule is Cc1cc(Cl)nc(CN2CCCNC(=O)C2)n1. The Hall–Kier alpha value is -1.20. The standard InChI is InChI=1S/C11H15ClN4O/c1-8-5-9(12)15-10(14-8)6-16-4-2-3-13-11(17)7-16/h5H,2-4,6-7H2,1H3,(H,13,17). The van der Waals surface area contributed by atoms with Gasteiger partial charge in [0.25, 0.3) is 0 Å². The molecular formula is C11H15ClN4O. The lowest BCUT2D eigenvalue weighted by Gasteiger charge is -2.17. The van der Waals surface area contributed by atoms with Gasteiger partial charge in [-0.15, -0.1) is 0 Å². The molecule has 0 unspecified atom stereocenters. The van der Waals surface area contributed by atoms with Crippen LogP contribution in [-0.2, 0) is 11.3 Å². The van der Waals surface area contributed by atoms with E-state index < -0.39 is 0 Å². The van der Waals surface area contributed by atoms with Crippen LogP contribution in [0.4, 0.5) is 0 Å². The second-order valence-corrected chi connectivity index (χ2v) is 4.55. The number of hydrogen-bond donors (Lipinski definition) is 1. The molecular weight excluding hydrogens is 240 g/mol. The van der Waals surface area contributed by atoms with Crippen molar-refractivity contribution in [1.29, 1.82) is 0 Å². The van der Waals surface area contributed by atoms with Gasteiger partial charge in [0.2, 0.25) is 5.91 Å². The summed E-state index contributed by atoms with van der Waals surface area (Å²) < 4.78 is 0. The first-order chi connectivity index (χ1) is 8.13. The monoisotopic (exact) mass is 254 g/mol. The molecule has 2 rings (SSSR count). The van der Waals surface area contributed by atoms with Crippen LogP contribution in [0.25, 0.3) is 0 Å². The molecule has 6 heteroatoms. The summed E-state index contributed by atoms with van der Waals surface area (Å²) in [5.41, 5.74) is 0.847. The number of nitrogens with one attached hydrogen (secondary N) is 1. The number of amides is 1. The average molecular weight is 255 g/mol. The van der Waals surface area contributed by atoms with E-state index in [2.05, 4.69) is 15.3 Å². The summed E-state index contributed by atoms with van der Waals surface area (Å²) in [7, 11) is 0. The number of aryl methyl sites for hydroxylation is 1. The third-order valence-corrected chi connectivity index (χ3v) is 2.77. The minimum absolute atomic E-state index is 0.0567. The Morgan fingerprint density at radius 1 is 1.53 bits per heavy atom. The Kier molecular flexibility index (Phi) is 3.91. The fourth-order valence-electron chi connectivity index (χ4n) is 1.86. The quantitative estimate of drug-likeness (QED) is 0.792. The van der Waals surface area contributed by atoms with E-state index >= 15 is 0 Å². The lowest BCUT2D eigenvalue weighted by Crippen LogP contribution is -2.33. The van der Waals surface area contributed by atoms with Gasteiger partial charge in [-0.05, 0) is 19.4 Å². The first kappa shape index (κ1) is 12.3. The van der Waals surface area contributed by atoms with Crippen molar-refractivity contribution < 1.29 is 4.79 Å².